The summed E-state index contributed by atoms with van der Waals surface area (Å²) in [6.07, 6.45) is 3.14. The molecule has 2 aromatic heterocycles. The van der Waals surface area contributed by atoms with Crippen LogP contribution in [0.15, 0.2) is 30.5 Å². The quantitative estimate of drug-likeness (QED) is 0.222. The van der Waals surface area contributed by atoms with Crippen LogP contribution in [-0.4, -0.2) is 123 Å². The normalized spacial score (nSPS) is 15.5. The Morgan fingerprint density at radius 3 is 2.52 bits per heavy atom. The van der Waals surface area contributed by atoms with E-state index < -0.39 is 11.1 Å². The molecule has 6 radical (unpaired) electrons. The molecule has 5 rings (SSSR count). The van der Waals surface area contributed by atoms with Crippen molar-refractivity contribution in [2.24, 2.45) is 5.92 Å². The van der Waals surface area contributed by atoms with Crippen molar-refractivity contribution in [2.75, 3.05) is 57.1 Å². The molecule has 0 spiro atoms. The number of aliphatic hydroxyl groups is 1. The van der Waals surface area contributed by atoms with Crippen molar-refractivity contribution in [1.29, 1.82) is 0 Å². The van der Waals surface area contributed by atoms with Gasteiger partial charge in [0.2, 0.25) is 5.91 Å². The van der Waals surface area contributed by atoms with Crippen LogP contribution in [0.3, 0.4) is 0 Å². The molecule has 2 aliphatic rings. The van der Waals surface area contributed by atoms with Crippen LogP contribution < -0.4 is 20.7 Å². The molecule has 0 atom stereocenters. The molecule has 222 valence electrons. The van der Waals surface area contributed by atoms with Crippen LogP contribution in [0.4, 0.5) is 17.2 Å². The van der Waals surface area contributed by atoms with Crippen LogP contribution in [-0.2, 0) is 4.79 Å². The fourth-order valence-electron chi connectivity index (χ4n) is 4.68. The SMILES string of the molecule is [B]C([B])([B])NC(=O)c1nnc(NC(=O)C2CC2)cc1Nc1cccc(-c2ncc(C(=O)N3CCN(CCO)CC3)s2)c1OC. The highest BCUT2D eigenvalue weighted by Crippen LogP contribution is 2.40. The summed E-state index contributed by atoms with van der Waals surface area (Å²) in [5.41, 5.74) is 1.02. The number of piperazine rings is 1. The molecular formula is C27H29B3N8O5S. The smallest absolute Gasteiger partial charge is 0.272 e. The number of benzene rings is 1. The van der Waals surface area contributed by atoms with Gasteiger partial charge in [0.25, 0.3) is 11.8 Å². The van der Waals surface area contributed by atoms with E-state index in [0.29, 0.717) is 59.6 Å². The number of hydrogen-bond donors (Lipinski definition) is 4. The van der Waals surface area contributed by atoms with Crippen LogP contribution >= 0.6 is 11.3 Å². The van der Waals surface area contributed by atoms with E-state index in [2.05, 4.69) is 36.0 Å². The lowest BCUT2D eigenvalue weighted by molar-refractivity contribution is -0.117. The average Bonchev–Trinajstić information content (AvgIpc) is 3.73. The first kappa shape index (κ1) is 31.5. The first-order valence-corrected chi connectivity index (χ1v) is 14.8. The number of carbonyl (C=O) groups is 3. The average molecular weight is 610 g/mol. The van der Waals surface area contributed by atoms with Gasteiger partial charge >= 0.3 is 0 Å². The lowest BCUT2D eigenvalue weighted by Gasteiger charge is -2.34. The number of nitrogens with one attached hydrogen (secondary N) is 3. The van der Waals surface area contributed by atoms with Gasteiger partial charge in [-0.15, -0.1) is 21.5 Å². The second-order valence-corrected chi connectivity index (χ2v) is 11.6. The molecule has 1 aromatic carbocycles. The Balaban J connectivity index is 1.41. The second-order valence-electron chi connectivity index (χ2n) is 10.5. The summed E-state index contributed by atoms with van der Waals surface area (Å²) in [5.74, 6) is -0.658. The number of anilines is 3. The topological polar surface area (TPSA) is 162 Å². The minimum Gasteiger partial charge on any atom is -0.494 e. The highest BCUT2D eigenvalue weighted by atomic mass is 32.1. The lowest BCUT2D eigenvalue weighted by Crippen LogP contribution is -2.50. The molecule has 3 amide bonds. The van der Waals surface area contributed by atoms with Crippen LogP contribution in [0.2, 0.25) is 0 Å². The summed E-state index contributed by atoms with van der Waals surface area (Å²) in [4.78, 5) is 47.4. The summed E-state index contributed by atoms with van der Waals surface area (Å²) in [6, 6.07) is 6.74. The maximum atomic E-state index is 13.2. The largest absolute Gasteiger partial charge is 0.494 e. The Kier molecular flexibility index (Phi) is 9.56. The van der Waals surface area contributed by atoms with Gasteiger partial charge in [-0.25, -0.2) is 4.98 Å². The number of β-amino-alcohol motifs (C(OH)–C–C–N with tert-alkyl or cyclic N) is 1. The third kappa shape index (κ3) is 7.57. The molecule has 1 aliphatic heterocycles. The van der Waals surface area contributed by atoms with Crippen molar-refractivity contribution < 1.29 is 24.2 Å². The van der Waals surface area contributed by atoms with Crippen molar-refractivity contribution in [1.82, 2.24) is 30.3 Å². The van der Waals surface area contributed by atoms with E-state index >= 15 is 0 Å². The number of nitrogens with zero attached hydrogens (tertiary/aromatic N) is 5. The fraction of sp³-hybridized carbons (Fsp3) is 0.407. The van der Waals surface area contributed by atoms with Gasteiger partial charge in [-0.2, -0.15) is 0 Å². The summed E-state index contributed by atoms with van der Waals surface area (Å²) in [7, 11) is 18.2. The van der Waals surface area contributed by atoms with Crippen LogP contribution in [0, 0.1) is 5.92 Å². The van der Waals surface area contributed by atoms with Crippen molar-refractivity contribution >= 4 is 69.8 Å². The first-order chi connectivity index (χ1) is 21.1. The highest BCUT2D eigenvalue weighted by molar-refractivity contribution is 7.17. The number of methoxy groups -OCH3 is 1. The minimum absolute atomic E-state index is 0.0776. The van der Waals surface area contributed by atoms with E-state index in [1.54, 1.807) is 29.3 Å². The molecule has 1 aliphatic carbocycles. The highest BCUT2D eigenvalue weighted by Gasteiger charge is 2.30. The molecule has 2 fully saturated rings. The van der Waals surface area contributed by atoms with Gasteiger partial charge in [-0.1, -0.05) is 11.3 Å². The molecule has 13 nitrogen and oxygen atoms in total. The Bertz CT molecular complexity index is 1540. The van der Waals surface area contributed by atoms with E-state index in [9.17, 15) is 19.5 Å². The van der Waals surface area contributed by atoms with Gasteiger partial charge in [-0.05, 0) is 25.0 Å². The Hall–Kier alpha value is -3.95. The Morgan fingerprint density at radius 2 is 1.86 bits per heavy atom. The fourth-order valence-corrected chi connectivity index (χ4v) is 5.59. The lowest BCUT2D eigenvalue weighted by atomic mass is 9.49. The summed E-state index contributed by atoms with van der Waals surface area (Å²) in [6.45, 7) is 3.18. The number of para-hydroxylation sites is 1. The third-order valence-corrected chi connectivity index (χ3v) is 8.07. The van der Waals surface area contributed by atoms with Crippen LogP contribution in [0.25, 0.3) is 10.6 Å². The number of hydrogen-bond acceptors (Lipinski definition) is 11. The molecule has 0 unspecified atom stereocenters. The summed E-state index contributed by atoms with van der Waals surface area (Å²) < 4.78 is 5.76. The Morgan fingerprint density at radius 1 is 1.11 bits per heavy atom. The first-order valence-electron chi connectivity index (χ1n) is 14.0. The molecule has 17 heteroatoms. The molecular weight excluding hydrogens is 581 g/mol. The van der Waals surface area contributed by atoms with E-state index in [0.717, 1.165) is 12.8 Å². The van der Waals surface area contributed by atoms with Crippen molar-refractivity contribution in [3.8, 4) is 16.3 Å². The van der Waals surface area contributed by atoms with Crippen molar-refractivity contribution in [3.63, 3.8) is 0 Å². The minimum atomic E-state index is -2.01. The van der Waals surface area contributed by atoms with Gasteiger partial charge in [-0.3, -0.25) is 19.3 Å². The van der Waals surface area contributed by atoms with Crippen molar-refractivity contribution in [3.05, 3.63) is 41.0 Å². The van der Waals surface area contributed by atoms with Gasteiger partial charge < -0.3 is 30.7 Å². The zero-order chi connectivity index (χ0) is 31.4. The summed E-state index contributed by atoms with van der Waals surface area (Å²) >= 11 is 1.24. The zero-order valence-corrected chi connectivity index (χ0v) is 24.9. The van der Waals surface area contributed by atoms with Gasteiger partial charge in [0.15, 0.2) is 17.3 Å². The zero-order valence-electron chi connectivity index (χ0n) is 24.1. The molecule has 3 aromatic rings. The Labute approximate surface area is 262 Å². The van der Waals surface area contributed by atoms with Gasteiger partial charge in [0, 0.05) is 44.7 Å². The number of thiazole rings is 1. The maximum Gasteiger partial charge on any atom is 0.272 e. The number of aliphatic hydroxyl groups excluding tert-OH is 1. The third-order valence-electron chi connectivity index (χ3n) is 7.05. The summed E-state index contributed by atoms with van der Waals surface area (Å²) in [5, 5.41) is 23.8. The monoisotopic (exact) mass is 610 g/mol. The second kappa shape index (κ2) is 13.4. The number of amides is 3. The predicted molar refractivity (Wildman–Crippen MR) is 168 cm³/mol. The van der Waals surface area contributed by atoms with Gasteiger partial charge in [0.05, 0.1) is 60.4 Å². The molecule has 0 bridgehead atoms. The number of carbonyl (C=O) groups excluding carboxylic acids is 3. The van der Waals surface area contributed by atoms with Crippen molar-refractivity contribution in [2.45, 2.75) is 18.1 Å². The van der Waals surface area contributed by atoms with Crippen LogP contribution in [0.1, 0.15) is 33.0 Å². The molecule has 44 heavy (non-hydrogen) atoms. The predicted octanol–water partition coefficient (Wildman–Crippen LogP) is 0.297. The molecule has 1 saturated heterocycles. The maximum absolute atomic E-state index is 13.2. The molecule has 1 saturated carbocycles. The van der Waals surface area contributed by atoms with E-state index in [4.69, 9.17) is 28.3 Å². The van der Waals surface area contributed by atoms with E-state index in [-0.39, 0.29) is 41.5 Å². The van der Waals surface area contributed by atoms with Gasteiger partial charge in [0.1, 0.15) is 9.88 Å². The number of rotatable bonds is 11. The van der Waals surface area contributed by atoms with E-state index in [1.807, 2.05) is 0 Å². The standard InChI is InChI=1S/C27H29B3N8O5S/c1-43-22-16(25-31-14-19(44-25)26(42)38-9-7-37(8-10-38)11-12-39)3-2-4-17(22)32-18-13-20(33-23(40)15-5-6-15)35-36-21(18)24(41)34-27(28,29)30/h2-4,13-15,39H,5-12H2,1H3,(H,34,41)(H2,32,33,35,40). The van der Waals surface area contributed by atoms with Crippen LogP contribution in [0.5, 0.6) is 5.75 Å². The van der Waals surface area contributed by atoms with E-state index in [1.165, 1.54) is 24.5 Å². The molecule has 3 heterocycles. The number of aromatic nitrogens is 3. The molecule has 4 N–H and O–H groups in total. The number of ether oxygens (including phenoxy) is 1.